The van der Waals surface area contributed by atoms with Gasteiger partial charge in [-0.1, -0.05) is 30.3 Å². The largest absolute Gasteiger partial charge is 0.457 e. The zero-order valence-electron chi connectivity index (χ0n) is 19.1. The summed E-state index contributed by atoms with van der Waals surface area (Å²) in [6, 6.07) is 13.9. The molecular weight excluding hydrogens is 459 g/mol. The fourth-order valence-corrected chi connectivity index (χ4v) is 5.94. The number of aliphatic imine (C=N–C) groups is 1. The first-order valence-electron chi connectivity index (χ1n) is 10.9. The summed E-state index contributed by atoms with van der Waals surface area (Å²) >= 11 is 0. The van der Waals surface area contributed by atoms with E-state index in [1.807, 2.05) is 19.2 Å². The highest BCUT2D eigenvalue weighted by Crippen LogP contribution is 2.39. The maximum Gasteiger partial charge on any atom is 0.299 e. The number of sulfonamides is 1. The summed E-state index contributed by atoms with van der Waals surface area (Å²) in [5.41, 5.74) is 1.29. The van der Waals surface area contributed by atoms with E-state index in [1.54, 1.807) is 61.0 Å². The fourth-order valence-electron chi connectivity index (χ4n) is 4.17. The molecule has 4 rings (SSSR count). The molecule has 34 heavy (non-hydrogen) atoms. The first kappa shape index (κ1) is 23.9. The molecule has 0 bridgehead atoms. The number of nitrogens with one attached hydrogen (secondary N) is 1. The van der Waals surface area contributed by atoms with Gasteiger partial charge in [-0.3, -0.25) is 0 Å². The number of aryl methyl sites for hydroxylation is 1. The third kappa shape index (κ3) is 4.83. The molecule has 3 aromatic rings. The second kappa shape index (κ2) is 9.19. The normalized spacial score (nSPS) is 21.0. The molecule has 0 radical (unpaired) electrons. The van der Waals surface area contributed by atoms with E-state index in [0.717, 1.165) is 11.4 Å². The van der Waals surface area contributed by atoms with Crippen molar-refractivity contribution in [1.82, 2.24) is 14.5 Å². The van der Waals surface area contributed by atoms with Crippen molar-refractivity contribution in [2.45, 2.75) is 44.1 Å². The fraction of sp³-hybridized carbons (Fsp3) is 0.333. The molecule has 1 aliphatic heterocycles. The van der Waals surface area contributed by atoms with Gasteiger partial charge in [0, 0.05) is 18.4 Å². The SMILES string of the molecule is Cc1ccn(-c2ccc(C3C(C)(C)OC(=N[C@@H](CCO)c4ccccc4F)NS3(=O)=O)cc2)n1. The standard InChI is InChI=1S/C24H27FN4O4S/c1-16-12-14-29(27-16)18-10-8-17(9-11-18)22-24(2,3)33-23(28-34(22,31)32)26-21(13-15-30)19-6-4-5-7-20(19)25/h4-12,14,21-22,30H,13,15H2,1-3H3,(H,26,28)/t21-,22?/m0/s1. The second-order valence-electron chi connectivity index (χ2n) is 8.71. The van der Waals surface area contributed by atoms with Crippen LogP contribution < -0.4 is 4.72 Å². The number of aromatic nitrogens is 2. The lowest BCUT2D eigenvalue weighted by Gasteiger charge is -2.39. The maximum atomic E-state index is 14.3. The van der Waals surface area contributed by atoms with Crippen molar-refractivity contribution in [1.29, 1.82) is 0 Å². The van der Waals surface area contributed by atoms with Crippen molar-refractivity contribution in [3.05, 3.63) is 83.4 Å². The highest BCUT2D eigenvalue weighted by Gasteiger charge is 2.48. The Morgan fingerprint density at radius 3 is 2.50 bits per heavy atom. The van der Waals surface area contributed by atoms with Crippen molar-refractivity contribution in [3.8, 4) is 5.69 Å². The van der Waals surface area contributed by atoms with Crippen LogP contribution in [-0.4, -0.2) is 41.5 Å². The van der Waals surface area contributed by atoms with Gasteiger partial charge in [0.15, 0.2) is 0 Å². The van der Waals surface area contributed by atoms with Crippen molar-refractivity contribution in [2.75, 3.05) is 6.61 Å². The van der Waals surface area contributed by atoms with Crippen molar-refractivity contribution < 1.29 is 22.7 Å². The Balaban J connectivity index is 1.64. The number of rotatable bonds is 6. The van der Waals surface area contributed by atoms with E-state index in [-0.39, 0.29) is 24.6 Å². The minimum absolute atomic E-state index is 0.105. The van der Waals surface area contributed by atoms with Crippen LogP contribution in [0.15, 0.2) is 65.8 Å². The van der Waals surface area contributed by atoms with Crippen molar-refractivity contribution in [3.63, 3.8) is 0 Å². The number of hydrogen-bond donors (Lipinski definition) is 2. The summed E-state index contributed by atoms with van der Waals surface area (Å²) in [4.78, 5) is 4.32. The van der Waals surface area contributed by atoms with E-state index in [9.17, 15) is 17.9 Å². The molecule has 2 N–H and O–H groups in total. The van der Waals surface area contributed by atoms with Crippen LogP contribution in [-0.2, 0) is 14.8 Å². The van der Waals surface area contributed by atoms with Crippen LogP contribution in [0.25, 0.3) is 5.69 Å². The number of aliphatic hydroxyl groups excluding tert-OH is 1. The minimum atomic E-state index is -3.94. The number of benzene rings is 2. The average Bonchev–Trinajstić information content (AvgIpc) is 3.19. The summed E-state index contributed by atoms with van der Waals surface area (Å²) in [5.74, 6) is -0.492. The highest BCUT2D eigenvalue weighted by atomic mass is 32.2. The first-order chi connectivity index (χ1) is 16.1. The van der Waals surface area contributed by atoms with Crippen LogP contribution in [0.4, 0.5) is 4.39 Å². The predicted molar refractivity (Wildman–Crippen MR) is 127 cm³/mol. The van der Waals surface area contributed by atoms with Crippen molar-refractivity contribution in [2.24, 2.45) is 4.99 Å². The first-order valence-corrected chi connectivity index (χ1v) is 12.4. The lowest BCUT2D eigenvalue weighted by molar-refractivity contribution is 0.0758. The number of halogens is 1. The number of hydrogen-bond acceptors (Lipinski definition) is 6. The second-order valence-corrected chi connectivity index (χ2v) is 10.5. The van der Waals surface area contributed by atoms with Gasteiger partial charge in [0.2, 0.25) is 10.0 Å². The molecule has 0 spiro atoms. The third-order valence-electron chi connectivity index (χ3n) is 5.65. The topological polar surface area (TPSA) is 106 Å². The zero-order chi connectivity index (χ0) is 24.5. The molecule has 2 aromatic carbocycles. The van der Waals surface area contributed by atoms with Gasteiger partial charge in [0.05, 0.1) is 17.4 Å². The molecule has 0 saturated carbocycles. The highest BCUT2D eigenvalue weighted by molar-refractivity contribution is 7.90. The molecule has 180 valence electrons. The van der Waals surface area contributed by atoms with Crippen LogP contribution in [0.5, 0.6) is 0 Å². The average molecular weight is 487 g/mol. The summed E-state index contributed by atoms with van der Waals surface area (Å²) in [6.07, 6.45) is 1.94. The number of nitrogens with zero attached hydrogens (tertiary/aromatic N) is 3. The van der Waals surface area contributed by atoms with Crippen LogP contribution in [0.1, 0.15) is 48.4 Å². The predicted octanol–water partition coefficient (Wildman–Crippen LogP) is 3.57. The lowest BCUT2D eigenvalue weighted by Crippen LogP contribution is -2.53. The Labute approximate surface area is 198 Å². The molecule has 10 heteroatoms. The van der Waals surface area contributed by atoms with E-state index in [2.05, 4.69) is 14.8 Å². The molecular formula is C24H27FN4O4S. The van der Waals surface area contributed by atoms with Gasteiger partial charge in [-0.05, 0) is 57.0 Å². The molecule has 1 unspecified atom stereocenters. The molecule has 2 atom stereocenters. The Hall–Kier alpha value is -3.24. The van der Waals surface area contributed by atoms with Gasteiger partial charge in [-0.2, -0.15) is 5.10 Å². The Morgan fingerprint density at radius 2 is 1.91 bits per heavy atom. The van der Waals surface area contributed by atoms with E-state index in [4.69, 9.17) is 4.74 Å². The lowest BCUT2D eigenvalue weighted by atomic mass is 9.97. The van der Waals surface area contributed by atoms with E-state index in [1.165, 1.54) is 6.07 Å². The van der Waals surface area contributed by atoms with Gasteiger partial charge >= 0.3 is 0 Å². The Kier molecular flexibility index (Phi) is 6.46. The van der Waals surface area contributed by atoms with Crippen LogP contribution in [0, 0.1) is 12.7 Å². The summed E-state index contributed by atoms with van der Waals surface area (Å²) in [6.45, 7) is 4.97. The molecule has 1 fully saturated rings. The van der Waals surface area contributed by atoms with Gasteiger partial charge in [0.1, 0.15) is 16.7 Å². The molecule has 1 aromatic heterocycles. The van der Waals surface area contributed by atoms with E-state index >= 15 is 0 Å². The Bertz CT molecular complexity index is 1300. The summed E-state index contributed by atoms with van der Waals surface area (Å²) < 4.78 is 51.0. The quantitative estimate of drug-likeness (QED) is 0.554. The monoisotopic (exact) mass is 486 g/mol. The maximum absolute atomic E-state index is 14.3. The summed E-state index contributed by atoms with van der Waals surface area (Å²) in [5, 5.41) is 12.8. The van der Waals surface area contributed by atoms with Crippen LogP contribution >= 0.6 is 0 Å². The Morgan fingerprint density at radius 1 is 1.21 bits per heavy atom. The molecule has 0 aliphatic carbocycles. The minimum Gasteiger partial charge on any atom is -0.457 e. The zero-order valence-corrected chi connectivity index (χ0v) is 20.0. The molecule has 0 amide bonds. The van der Waals surface area contributed by atoms with Crippen molar-refractivity contribution >= 4 is 16.0 Å². The summed E-state index contributed by atoms with van der Waals surface area (Å²) in [7, 11) is -3.94. The van der Waals surface area contributed by atoms with Crippen LogP contribution in [0.3, 0.4) is 0 Å². The molecule has 1 aliphatic rings. The molecule has 2 heterocycles. The number of amidine groups is 1. The molecule has 1 saturated heterocycles. The molecule has 8 nitrogen and oxygen atoms in total. The van der Waals surface area contributed by atoms with E-state index in [0.29, 0.717) is 5.56 Å². The van der Waals surface area contributed by atoms with E-state index < -0.39 is 32.7 Å². The van der Waals surface area contributed by atoms with Gasteiger partial charge < -0.3 is 9.84 Å². The number of ether oxygens (including phenoxy) is 1. The van der Waals surface area contributed by atoms with Gasteiger partial charge in [-0.25, -0.2) is 27.2 Å². The third-order valence-corrected chi connectivity index (χ3v) is 7.57. The van der Waals surface area contributed by atoms with Gasteiger partial charge in [0.25, 0.3) is 6.02 Å². The number of aliphatic hydroxyl groups is 1. The van der Waals surface area contributed by atoms with Gasteiger partial charge in [-0.15, -0.1) is 0 Å². The van der Waals surface area contributed by atoms with Crippen LogP contribution in [0.2, 0.25) is 0 Å². The smallest absolute Gasteiger partial charge is 0.299 e.